The van der Waals surface area contributed by atoms with E-state index in [1.54, 1.807) is 30.3 Å². The van der Waals surface area contributed by atoms with Crippen LogP contribution in [0.1, 0.15) is 10.4 Å². The van der Waals surface area contributed by atoms with Crippen molar-refractivity contribution < 1.29 is 14.5 Å². The molecule has 0 amide bonds. The molecule has 0 N–H and O–H groups in total. The number of nitro benzene ring substituents is 1. The van der Waals surface area contributed by atoms with E-state index >= 15 is 0 Å². The normalized spacial score (nSPS) is 9.78. The molecule has 90 valence electrons. The molecule has 0 unspecified atom stereocenters. The minimum absolute atomic E-state index is 0.141. The lowest BCUT2D eigenvalue weighted by Crippen LogP contribution is -2.08. The molecule has 2 rings (SSSR count). The summed E-state index contributed by atoms with van der Waals surface area (Å²) >= 11 is 0. The van der Waals surface area contributed by atoms with E-state index in [9.17, 15) is 14.9 Å². The van der Waals surface area contributed by atoms with Gasteiger partial charge < -0.3 is 4.74 Å². The lowest BCUT2D eigenvalue weighted by molar-refractivity contribution is -0.384. The van der Waals surface area contributed by atoms with E-state index < -0.39 is 10.9 Å². The van der Waals surface area contributed by atoms with E-state index in [2.05, 4.69) is 0 Å². The highest BCUT2D eigenvalue weighted by atomic mass is 16.6. The Morgan fingerprint density at radius 3 is 2.44 bits per heavy atom. The zero-order valence-corrected chi connectivity index (χ0v) is 9.28. The molecule has 5 nitrogen and oxygen atoms in total. The average Bonchev–Trinajstić information content (AvgIpc) is 2.40. The predicted octanol–water partition coefficient (Wildman–Crippen LogP) is 2.81. The number of carbonyl (C=O) groups is 1. The van der Waals surface area contributed by atoms with Crippen molar-refractivity contribution in [2.75, 3.05) is 0 Å². The minimum Gasteiger partial charge on any atom is -0.423 e. The number of rotatable bonds is 3. The number of ether oxygens (including phenoxy) is 1. The van der Waals surface area contributed by atoms with Crippen molar-refractivity contribution in [2.45, 2.75) is 0 Å². The Morgan fingerprint density at radius 2 is 1.78 bits per heavy atom. The minimum atomic E-state index is -0.620. The van der Waals surface area contributed by atoms with Crippen LogP contribution in [0.4, 0.5) is 5.69 Å². The van der Waals surface area contributed by atoms with Crippen LogP contribution in [0.25, 0.3) is 0 Å². The molecule has 0 heterocycles. The molecule has 2 aromatic carbocycles. The average molecular weight is 243 g/mol. The number of nitro groups is 1. The monoisotopic (exact) mass is 243 g/mol. The third kappa shape index (κ3) is 2.70. The highest BCUT2D eigenvalue weighted by molar-refractivity contribution is 5.91. The van der Waals surface area contributed by atoms with Crippen molar-refractivity contribution in [1.82, 2.24) is 0 Å². The van der Waals surface area contributed by atoms with E-state index in [-0.39, 0.29) is 11.3 Å². The van der Waals surface area contributed by atoms with Gasteiger partial charge in [0.15, 0.2) is 0 Å². The summed E-state index contributed by atoms with van der Waals surface area (Å²) in [6, 6.07) is 13.9. The second-order valence-electron chi connectivity index (χ2n) is 3.51. The number of nitrogens with zero attached hydrogens (tertiary/aromatic N) is 1. The first-order valence-corrected chi connectivity index (χ1v) is 5.18. The number of carbonyl (C=O) groups excluding carboxylic acids is 1. The van der Waals surface area contributed by atoms with Crippen LogP contribution in [0.2, 0.25) is 0 Å². The Bertz CT molecular complexity index is 581. The van der Waals surface area contributed by atoms with Crippen LogP contribution in [0.3, 0.4) is 0 Å². The molecular formula is C13H9NO4. The molecule has 0 radical (unpaired) electrons. The van der Waals surface area contributed by atoms with Gasteiger partial charge in [-0.15, -0.1) is 0 Å². The van der Waals surface area contributed by atoms with Gasteiger partial charge in [-0.1, -0.05) is 24.3 Å². The van der Waals surface area contributed by atoms with Crippen LogP contribution in [0.5, 0.6) is 5.75 Å². The molecule has 0 fully saturated rings. The zero-order chi connectivity index (χ0) is 13.0. The maximum Gasteiger partial charge on any atom is 0.343 e. The molecule has 0 aliphatic heterocycles. The van der Waals surface area contributed by atoms with Crippen LogP contribution in [0.15, 0.2) is 54.6 Å². The van der Waals surface area contributed by atoms with Gasteiger partial charge in [0.1, 0.15) is 5.75 Å². The predicted molar refractivity (Wildman–Crippen MR) is 64.5 cm³/mol. The van der Waals surface area contributed by atoms with Gasteiger partial charge in [0, 0.05) is 12.1 Å². The number of hydrogen-bond donors (Lipinski definition) is 0. The SMILES string of the molecule is O=C(Oc1ccccc1)c1cccc([N+](=O)[O-])c1. The molecule has 0 atom stereocenters. The second kappa shape index (κ2) is 5.09. The summed E-state index contributed by atoms with van der Waals surface area (Å²) < 4.78 is 5.07. The number of esters is 1. The van der Waals surface area contributed by atoms with Crippen LogP contribution in [-0.4, -0.2) is 10.9 Å². The quantitative estimate of drug-likeness (QED) is 0.359. The number of hydrogen-bond acceptors (Lipinski definition) is 4. The van der Waals surface area contributed by atoms with Crippen LogP contribution in [0, 0.1) is 10.1 Å². The van der Waals surface area contributed by atoms with Gasteiger partial charge in [-0.3, -0.25) is 10.1 Å². The van der Waals surface area contributed by atoms with Crippen LogP contribution >= 0.6 is 0 Å². The first-order valence-electron chi connectivity index (χ1n) is 5.18. The maximum atomic E-state index is 11.7. The molecule has 0 aromatic heterocycles. The lowest BCUT2D eigenvalue weighted by Gasteiger charge is -2.03. The summed E-state index contributed by atoms with van der Waals surface area (Å²) in [6.07, 6.45) is 0. The van der Waals surface area contributed by atoms with Crippen molar-refractivity contribution in [3.05, 3.63) is 70.3 Å². The number of non-ortho nitro benzene ring substituents is 1. The van der Waals surface area contributed by atoms with Crippen molar-refractivity contribution in [3.8, 4) is 5.75 Å². The molecule has 0 spiro atoms. The molecule has 2 aromatic rings. The van der Waals surface area contributed by atoms with E-state index in [0.717, 1.165) is 0 Å². The van der Waals surface area contributed by atoms with Gasteiger partial charge >= 0.3 is 5.97 Å². The van der Waals surface area contributed by atoms with E-state index in [1.165, 1.54) is 24.3 Å². The molecule has 0 aliphatic carbocycles. The standard InChI is InChI=1S/C13H9NO4/c15-13(18-12-7-2-1-3-8-12)10-5-4-6-11(9-10)14(16)17/h1-9H. The van der Waals surface area contributed by atoms with Gasteiger partial charge in [0.2, 0.25) is 0 Å². The Labute approximate surface area is 103 Å². The number of para-hydroxylation sites is 1. The smallest absolute Gasteiger partial charge is 0.343 e. The highest BCUT2D eigenvalue weighted by Gasteiger charge is 2.13. The molecule has 5 heteroatoms. The van der Waals surface area contributed by atoms with Crippen molar-refractivity contribution in [1.29, 1.82) is 0 Å². The summed E-state index contributed by atoms with van der Waals surface area (Å²) in [5.41, 5.74) is 0.00515. The fourth-order valence-electron chi connectivity index (χ4n) is 1.40. The van der Waals surface area contributed by atoms with E-state index in [1.807, 2.05) is 0 Å². The first kappa shape index (κ1) is 11.8. The second-order valence-corrected chi connectivity index (χ2v) is 3.51. The van der Waals surface area contributed by atoms with Gasteiger partial charge in [0.05, 0.1) is 10.5 Å². The molecule has 0 bridgehead atoms. The molecule has 0 saturated heterocycles. The Morgan fingerprint density at radius 1 is 1.06 bits per heavy atom. The third-order valence-electron chi connectivity index (χ3n) is 2.25. The number of benzene rings is 2. The molecular weight excluding hydrogens is 234 g/mol. The van der Waals surface area contributed by atoms with Crippen molar-refractivity contribution in [2.24, 2.45) is 0 Å². The Kier molecular flexibility index (Phi) is 3.33. The van der Waals surface area contributed by atoms with Crippen molar-refractivity contribution >= 4 is 11.7 Å². The van der Waals surface area contributed by atoms with E-state index in [0.29, 0.717) is 5.75 Å². The van der Waals surface area contributed by atoms with Gasteiger partial charge in [-0.05, 0) is 18.2 Å². The maximum absolute atomic E-state index is 11.7. The summed E-state index contributed by atoms with van der Waals surface area (Å²) in [4.78, 5) is 21.8. The largest absolute Gasteiger partial charge is 0.423 e. The summed E-state index contributed by atoms with van der Waals surface area (Å²) in [7, 11) is 0. The Hall–Kier alpha value is -2.69. The first-order chi connectivity index (χ1) is 8.66. The van der Waals surface area contributed by atoms with Crippen LogP contribution in [-0.2, 0) is 0 Å². The summed E-state index contributed by atoms with van der Waals surface area (Å²) in [5.74, 6) is -0.223. The topological polar surface area (TPSA) is 69.4 Å². The summed E-state index contributed by atoms with van der Waals surface area (Å²) in [6.45, 7) is 0. The zero-order valence-electron chi connectivity index (χ0n) is 9.28. The third-order valence-corrected chi connectivity index (χ3v) is 2.25. The fourth-order valence-corrected chi connectivity index (χ4v) is 1.40. The summed E-state index contributed by atoms with van der Waals surface area (Å²) in [5, 5.41) is 10.6. The van der Waals surface area contributed by atoms with Crippen LogP contribution < -0.4 is 4.74 Å². The molecule has 18 heavy (non-hydrogen) atoms. The fraction of sp³-hybridized carbons (Fsp3) is 0. The van der Waals surface area contributed by atoms with Crippen molar-refractivity contribution in [3.63, 3.8) is 0 Å². The molecule has 0 saturated carbocycles. The van der Waals surface area contributed by atoms with Gasteiger partial charge in [-0.25, -0.2) is 4.79 Å². The molecule has 0 aliphatic rings. The Balaban J connectivity index is 2.19. The van der Waals surface area contributed by atoms with Gasteiger partial charge in [-0.2, -0.15) is 0 Å². The highest BCUT2D eigenvalue weighted by Crippen LogP contribution is 2.16. The van der Waals surface area contributed by atoms with Gasteiger partial charge in [0.25, 0.3) is 5.69 Å². The van der Waals surface area contributed by atoms with E-state index in [4.69, 9.17) is 4.74 Å². The lowest BCUT2D eigenvalue weighted by atomic mass is 10.2.